The minimum atomic E-state index is -0.475. The maximum Gasteiger partial charge on any atom is 0.410 e. The van der Waals surface area contributed by atoms with E-state index in [0.717, 1.165) is 35.2 Å². The van der Waals surface area contributed by atoms with Gasteiger partial charge in [0, 0.05) is 49.5 Å². The highest BCUT2D eigenvalue weighted by Gasteiger charge is 2.27. The van der Waals surface area contributed by atoms with E-state index in [9.17, 15) is 4.79 Å². The van der Waals surface area contributed by atoms with E-state index in [2.05, 4.69) is 33.1 Å². The van der Waals surface area contributed by atoms with Gasteiger partial charge in [0.2, 0.25) is 0 Å². The molecule has 3 heterocycles. The second kappa shape index (κ2) is 7.19. The van der Waals surface area contributed by atoms with Crippen molar-refractivity contribution in [3.05, 3.63) is 48.8 Å². The van der Waals surface area contributed by atoms with Gasteiger partial charge < -0.3 is 19.5 Å². The molecule has 0 atom stereocenters. The van der Waals surface area contributed by atoms with Crippen LogP contribution in [-0.4, -0.2) is 52.7 Å². The summed E-state index contributed by atoms with van der Waals surface area (Å²) in [6, 6.07) is 12.4. The number of H-pyrrole nitrogens is 1. The van der Waals surface area contributed by atoms with Crippen molar-refractivity contribution in [2.45, 2.75) is 26.4 Å². The molecule has 1 amide bonds. The van der Waals surface area contributed by atoms with Gasteiger partial charge in [-0.2, -0.15) is 0 Å². The summed E-state index contributed by atoms with van der Waals surface area (Å²) < 4.78 is 5.52. The monoisotopic (exact) mass is 378 g/mol. The third-order valence-electron chi connectivity index (χ3n) is 4.89. The molecule has 1 N–H and O–H groups in total. The number of carbonyl (C=O) groups excluding carboxylic acids is 1. The molecule has 0 bridgehead atoms. The number of pyridine rings is 1. The van der Waals surface area contributed by atoms with Crippen LogP contribution in [0, 0.1) is 0 Å². The number of ether oxygens (including phenoxy) is 1. The molecule has 1 saturated heterocycles. The van der Waals surface area contributed by atoms with Crippen molar-refractivity contribution in [1.82, 2.24) is 14.9 Å². The number of aromatic amines is 1. The molecule has 0 radical (unpaired) electrons. The summed E-state index contributed by atoms with van der Waals surface area (Å²) >= 11 is 0. The van der Waals surface area contributed by atoms with E-state index in [1.807, 2.05) is 51.4 Å². The summed E-state index contributed by atoms with van der Waals surface area (Å²) in [6.07, 6.45) is 3.62. The van der Waals surface area contributed by atoms with E-state index >= 15 is 0 Å². The lowest BCUT2D eigenvalue weighted by atomic mass is 10.0. The quantitative estimate of drug-likeness (QED) is 0.723. The molecule has 1 fully saturated rings. The van der Waals surface area contributed by atoms with Gasteiger partial charge in [0.15, 0.2) is 0 Å². The fraction of sp³-hybridized carbons (Fsp3) is 0.364. The molecule has 6 nitrogen and oxygen atoms in total. The number of nitrogens with zero attached hydrogens (tertiary/aromatic N) is 3. The van der Waals surface area contributed by atoms with Crippen LogP contribution >= 0.6 is 0 Å². The molecule has 146 valence electrons. The first-order valence-corrected chi connectivity index (χ1v) is 9.67. The Bertz CT molecular complexity index is 967. The molecule has 2 aromatic heterocycles. The predicted molar refractivity (Wildman–Crippen MR) is 112 cm³/mol. The molecule has 4 rings (SSSR count). The largest absolute Gasteiger partial charge is 0.444 e. The number of piperazine rings is 1. The Morgan fingerprint density at radius 3 is 2.46 bits per heavy atom. The van der Waals surface area contributed by atoms with Crippen molar-refractivity contribution >= 4 is 22.8 Å². The Balaban J connectivity index is 1.62. The van der Waals surface area contributed by atoms with Gasteiger partial charge in [-0.05, 0) is 32.4 Å². The van der Waals surface area contributed by atoms with E-state index in [4.69, 9.17) is 4.74 Å². The molecular weight excluding hydrogens is 352 g/mol. The standard InChI is InChI=1S/C22H26N4O2/c1-22(2,3)28-21(27)26-13-11-25(12-14-26)19-17-9-10-23-20(17)24-15-18(19)16-7-5-4-6-8-16/h4-10,15H,11-14H2,1-3H3,(H,23,24). The van der Waals surface area contributed by atoms with Crippen molar-refractivity contribution in [3.63, 3.8) is 0 Å². The smallest absolute Gasteiger partial charge is 0.410 e. The molecule has 0 saturated carbocycles. The first-order valence-electron chi connectivity index (χ1n) is 9.67. The zero-order valence-electron chi connectivity index (χ0n) is 16.6. The molecule has 1 aromatic carbocycles. The van der Waals surface area contributed by atoms with Crippen molar-refractivity contribution in [1.29, 1.82) is 0 Å². The van der Waals surface area contributed by atoms with E-state index < -0.39 is 5.60 Å². The summed E-state index contributed by atoms with van der Waals surface area (Å²) in [5.41, 5.74) is 3.82. The Morgan fingerprint density at radius 1 is 1.07 bits per heavy atom. The molecule has 6 heteroatoms. The molecule has 1 aliphatic rings. The average Bonchev–Trinajstić information content (AvgIpc) is 3.15. The van der Waals surface area contributed by atoms with Crippen molar-refractivity contribution < 1.29 is 9.53 Å². The van der Waals surface area contributed by atoms with Crippen molar-refractivity contribution in [2.24, 2.45) is 0 Å². The number of hydrogen-bond donors (Lipinski definition) is 1. The molecule has 0 unspecified atom stereocenters. The zero-order chi connectivity index (χ0) is 19.7. The van der Waals surface area contributed by atoms with Crippen LogP contribution in [0.15, 0.2) is 48.8 Å². The van der Waals surface area contributed by atoms with Gasteiger partial charge in [0.25, 0.3) is 0 Å². The van der Waals surface area contributed by atoms with Crippen LogP contribution in [0.5, 0.6) is 0 Å². The third kappa shape index (κ3) is 3.67. The lowest BCUT2D eigenvalue weighted by molar-refractivity contribution is 0.0241. The summed E-state index contributed by atoms with van der Waals surface area (Å²) in [7, 11) is 0. The summed E-state index contributed by atoms with van der Waals surface area (Å²) in [5.74, 6) is 0. The van der Waals surface area contributed by atoms with E-state index in [1.54, 1.807) is 4.90 Å². The van der Waals surface area contributed by atoms with Crippen LogP contribution in [0.2, 0.25) is 0 Å². The van der Waals surface area contributed by atoms with Gasteiger partial charge in [-0.3, -0.25) is 0 Å². The zero-order valence-corrected chi connectivity index (χ0v) is 16.6. The predicted octanol–water partition coefficient (Wildman–Crippen LogP) is 4.29. The topological polar surface area (TPSA) is 61.5 Å². The third-order valence-corrected chi connectivity index (χ3v) is 4.89. The van der Waals surface area contributed by atoms with E-state index in [-0.39, 0.29) is 6.09 Å². The summed E-state index contributed by atoms with van der Waals surface area (Å²) in [4.78, 5) is 24.3. The Labute approximate surface area is 165 Å². The molecule has 0 aliphatic carbocycles. The number of anilines is 1. The van der Waals surface area contributed by atoms with Gasteiger partial charge in [-0.1, -0.05) is 30.3 Å². The van der Waals surface area contributed by atoms with Crippen LogP contribution in [0.1, 0.15) is 20.8 Å². The van der Waals surface area contributed by atoms with Crippen LogP contribution in [0.4, 0.5) is 10.5 Å². The normalized spacial score (nSPS) is 15.1. The minimum Gasteiger partial charge on any atom is -0.444 e. The highest BCUT2D eigenvalue weighted by molar-refractivity contribution is 5.98. The highest BCUT2D eigenvalue weighted by atomic mass is 16.6. The number of rotatable bonds is 2. The Kier molecular flexibility index (Phi) is 4.71. The summed E-state index contributed by atoms with van der Waals surface area (Å²) in [5, 5.41) is 1.10. The Morgan fingerprint density at radius 2 is 1.79 bits per heavy atom. The first kappa shape index (κ1) is 18.3. The fourth-order valence-electron chi connectivity index (χ4n) is 3.60. The minimum absolute atomic E-state index is 0.239. The lowest BCUT2D eigenvalue weighted by Gasteiger charge is -2.37. The van der Waals surface area contributed by atoms with Gasteiger partial charge in [0.05, 0.1) is 5.69 Å². The second-order valence-corrected chi connectivity index (χ2v) is 8.08. The average molecular weight is 378 g/mol. The number of hydrogen-bond acceptors (Lipinski definition) is 4. The van der Waals surface area contributed by atoms with Crippen LogP contribution in [0.25, 0.3) is 22.2 Å². The Hall–Kier alpha value is -3.02. The second-order valence-electron chi connectivity index (χ2n) is 8.08. The van der Waals surface area contributed by atoms with E-state index in [1.165, 1.54) is 5.69 Å². The van der Waals surface area contributed by atoms with Gasteiger partial charge in [0.1, 0.15) is 11.2 Å². The maximum absolute atomic E-state index is 12.4. The molecule has 0 spiro atoms. The number of carbonyl (C=O) groups is 1. The first-order chi connectivity index (χ1) is 13.4. The van der Waals surface area contributed by atoms with Gasteiger partial charge in [-0.25, -0.2) is 9.78 Å². The highest BCUT2D eigenvalue weighted by Crippen LogP contribution is 2.36. The molecule has 1 aliphatic heterocycles. The maximum atomic E-state index is 12.4. The van der Waals surface area contributed by atoms with Crippen LogP contribution in [-0.2, 0) is 4.74 Å². The number of nitrogens with one attached hydrogen (secondary N) is 1. The summed E-state index contributed by atoms with van der Waals surface area (Å²) in [6.45, 7) is 8.47. The number of aromatic nitrogens is 2. The number of fused-ring (bicyclic) bond motifs is 1. The molecule has 3 aromatic rings. The fourth-order valence-corrected chi connectivity index (χ4v) is 3.60. The molecule has 28 heavy (non-hydrogen) atoms. The lowest BCUT2D eigenvalue weighted by Crippen LogP contribution is -2.50. The van der Waals surface area contributed by atoms with Crippen molar-refractivity contribution in [3.8, 4) is 11.1 Å². The SMILES string of the molecule is CC(C)(C)OC(=O)N1CCN(c2c(-c3ccccc3)cnc3[nH]ccc23)CC1. The van der Waals surface area contributed by atoms with E-state index in [0.29, 0.717) is 13.1 Å². The molecular formula is C22H26N4O2. The van der Waals surface area contributed by atoms with Gasteiger partial charge >= 0.3 is 6.09 Å². The number of amides is 1. The number of benzene rings is 1. The van der Waals surface area contributed by atoms with Crippen LogP contribution in [0.3, 0.4) is 0 Å². The van der Waals surface area contributed by atoms with Crippen molar-refractivity contribution in [2.75, 3.05) is 31.1 Å². The van der Waals surface area contributed by atoms with Crippen LogP contribution < -0.4 is 4.90 Å². The van der Waals surface area contributed by atoms with Gasteiger partial charge in [-0.15, -0.1) is 0 Å².